The van der Waals surface area contributed by atoms with Gasteiger partial charge in [0.25, 0.3) is 0 Å². The summed E-state index contributed by atoms with van der Waals surface area (Å²) in [6.07, 6.45) is 10.3. The molecule has 0 radical (unpaired) electrons. The summed E-state index contributed by atoms with van der Waals surface area (Å²) in [5, 5.41) is 8.56. The molecule has 2 aliphatic heterocycles. The number of fused-ring (bicyclic) bond motifs is 1. The maximum absolute atomic E-state index is 14.2. The van der Waals surface area contributed by atoms with E-state index in [-0.39, 0.29) is 18.0 Å². The van der Waals surface area contributed by atoms with Gasteiger partial charge in [0.1, 0.15) is 5.82 Å². The number of piperidine rings is 2. The number of likely N-dealkylation sites (tertiary alicyclic amines) is 1. The van der Waals surface area contributed by atoms with Crippen LogP contribution in [0.25, 0.3) is 10.8 Å². The summed E-state index contributed by atoms with van der Waals surface area (Å²) in [6.45, 7) is 5.24. The number of rotatable bonds is 6. The van der Waals surface area contributed by atoms with Gasteiger partial charge in [-0.15, -0.1) is 0 Å². The Labute approximate surface area is 218 Å². The molecule has 2 fully saturated rings. The fourth-order valence-corrected chi connectivity index (χ4v) is 5.66. The highest BCUT2D eigenvalue weighted by atomic mass is 16.2. The topological polar surface area (TPSA) is 90.5 Å². The van der Waals surface area contributed by atoms with Crippen LogP contribution < -0.4 is 15.5 Å². The number of anilines is 2. The van der Waals surface area contributed by atoms with E-state index in [1.54, 1.807) is 24.5 Å². The average Bonchev–Trinajstić information content (AvgIpc) is 2.93. The Morgan fingerprint density at radius 1 is 1.11 bits per heavy atom. The Morgan fingerprint density at radius 2 is 1.97 bits per heavy atom. The van der Waals surface area contributed by atoms with Gasteiger partial charge in [0.15, 0.2) is 0 Å². The number of nitrogens with zero attached hydrogens (tertiary/aromatic N) is 4. The number of hydrogen-bond acceptors (Lipinski definition) is 5. The number of benzene rings is 1. The fraction of sp³-hybridized carbons (Fsp3) is 0.448. The summed E-state index contributed by atoms with van der Waals surface area (Å²) in [4.78, 5) is 39.4. The molecule has 5 rings (SSSR count). The Kier molecular flexibility index (Phi) is 7.94. The smallest absolute Gasteiger partial charge is 0.325 e. The lowest BCUT2D eigenvalue weighted by Gasteiger charge is -2.40. The number of urea groups is 1. The Morgan fingerprint density at radius 3 is 2.78 bits per heavy atom. The van der Waals surface area contributed by atoms with Gasteiger partial charge in [-0.3, -0.25) is 14.7 Å². The van der Waals surface area contributed by atoms with Crippen LogP contribution in [0.5, 0.6) is 0 Å². The molecule has 2 N–H and O–H groups in total. The van der Waals surface area contributed by atoms with E-state index in [4.69, 9.17) is 4.98 Å². The molecule has 194 valence electrons. The highest BCUT2D eigenvalue weighted by Gasteiger charge is 2.34. The van der Waals surface area contributed by atoms with Crippen LogP contribution in [0.3, 0.4) is 0 Å². The minimum absolute atomic E-state index is 0.0000119. The first-order valence-corrected chi connectivity index (χ1v) is 13.4. The van der Waals surface area contributed by atoms with Crippen molar-refractivity contribution in [2.75, 3.05) is 36.4 Å². The maximum Gasteiger partial charge on any atom is 0.325 e. The number of nitrogens with one attached hydrogen (secondary N) is 2. The second kappa shape index (κ2) is 11.7. The van der Waals surface area contributed by atoms with Gasteiger partial charge in [-0.25, -0.2) is 9.78 Å². The molecule has 1 aromatic carbocycles. The molecule has 3 amide bonds. The van der Waals surface area contributed by atoms with Crippen molar-refractivity contribution in [3.8, 4) is 0 Å². The molecule has 8 heteroatoms. The molecule has 2 aromatic heterocycles. The zero-order valence-corrected chi connectivity index (χ0v) is 21.5. The minimum atomic E-state index is -0.0000119. The maximum atomic E-state index is 14.2. The highest BCUT2D eigenvalue weighted by Crippen LogP contribution is 2.32. The quantitative estimate of drug-likeness (QED) is 0.510. The first-order chi connectivity index (χ1) is 18.1. The molecule has 0 bridgehead atoms. The number of carbonyl (C=O) groups is 2. The van der Waals surface area contributed by atoms with Crippen LogP contribution >= 0.6 is 0 Å². The first-order valence-electron chi connectivity index (χ1n) is 13.4. The van der Waals surface area contributed by atoms with E-state index in [0.29, 0.717) is 18.9 Å². The van der Waals surface area contributed by atoms with E-state index >= 15 is 0 Å². The van der Waals surface area contributed by atoms with E-state index in [1.165, 1.54) is 0 Å². The monoisotopic (exact) mass is 500 g/mol. The SMILES string of the molecule is Cc1cccc2ccnc(N(C(=O)N3CCCC(CCC(=O)Nc4ccncc4)C3)[C@@H]3CCCNC3)c12. The third-order valence-corrected chi connectivity index (χ3v) is 7.58. The van der Waals surface area contributed by atoms with Crippen LogP contribution in [0.15, 0.2) is 55.0 Å². The van der Waals surface area contributed by atoms with E-state index in [0.717, 1.165) is 79.6 Å². The Bertz CT molecular complexity index is 1220. The first kappa shape index (κ1) is 25.1. The molecule has 4 heterocycles. The lowest BCUT2D eigenvalue weighted by Crippen LogP contribution is -2.55. The van der Waals surface area contributed by atoms with Gasteiger partial charge in [-0.05, 0) is 80.6 Å². The fourth-order valence-electron chi connectivity index (χ4n) is 5.66. The van der Waals surface area contributed by atoms with Crippen LogP contribution in [-0.4, -0.2) is 59.0 Å². The van der Waals surface area contributed by atoms with Crippen molar-refractivity contribution in [3.63, 3.8) is 0 Å². The molecule has 2 aliphatic rings. The number of amides is 3. The van der Waals surface area contributed by atoms with Gasteiger partial charge in [-0.2, -0.15) is 0 Å². The molecular formula is C29H36N6O2. The average molecular weight is 501 g/mol. The summed E-state index contributed by atoms with van der Waals surface area (Å²) >= 11 is 0. The second-order valence-electron chi connectivity index (χ2n) is 10.2. The predicted octanol–water partition coefficient (Wildman–Crippen LogP) is 4.75. The Balaban J connectivity index is 1.32. The van der Waals surface area contributed by atoms with Crippen molar-refractivity contribution in [3.05, 3.63) is 60.6 Å². The lowest BCUT2D eigenvalue weighted by atomic mass is 9.93. The summed E-state index contributed by atoms with van der Waals surface area (Å²) in [7, 11) is 0. The summed E-state index contributed by atoms with van der Waals surface area (Å²) < 4.78 is 0. The van der Waals surface area contributed by atoms with Crippen LogP contribution in [0, 0.1) is 12.8 Å². The number of aromatic nitrogens is 2. The van der Waals surface area contributed by atoms with Crippen LogP contribution in [0.1, 0.15) is 44.1 Å². The van der Waals surface area contributed by atoms with E-state index in [2.05, 4.69) is 40.7 Å². The Hall–Kier alpha value is -3.52. The van der Waals surface area contributed by atoms with E-state index in [9.17, 15) is 9.59 Å². The van der Waals surface area contributed by atoms with Crippen LogP contribution in [-0.2, 0) is 4.79 Å². The summed E-state index contributed by atoms with van der Waals surface area (Å²) in [5.41, 5.74) is 1.88. The molecule has 0 aliphatic carbocycles. The van der Waals surface area contributed by atoms with Crippen molar-refractivity contribution in [1.82, 2.24) is 20.2 Å². The van der Waals surface area contributed by atoms with Gasteiger partial charge in [-0.1, -0.05) is 18.2 Å². The molecule has 1 unspecified atom stereocenters. The van der Waals surface area contributed by atoms with Crippen LogP contribution in [0.2, 0.25) is 0 Å². The lowest BCUT2D eigenvalue weighted by molar-refractivity contribution is -0.116. The van der Waals surface area contributed by atoms with Gasteiger partial charge in [0.2, 0.25) is 5.91 Å². The molecule has 8 nitrogen and oxygen atoms in total. The van der Waals surface area contributed by atoms with Gasteiger partial charge < -0.3 is 15.5 Å². The highest BCUT2D eigenvalue weighted by molar-refractivity contribution is 6.03. The van der Waals surface area contributed by atoms with Crippen molar-refractivity contribution in [2.24, 2.45) is 5.92 Å². The van der Waals surface area contributed by atoms with Crippen molar-refractivity contribution in [1.29, 1.82) is 0 Å². The number of carbonyl (C=O) groups excluding carboxylic acids is 2. The van der Waals surface area contributed by atoms with E-state index < -0.39 is 0 Å². The third kappa shape index (κ3) is 5.91. The number of pyridine rings is 2. The van der Waals surface area contributed by atoms with Crippen molar-refractivity contribution >= 4 is 34.2 Å². The van der Waals surface area contributed by atoms with Gasteiger partial charge in [0, 0.05) is 55.7 Å². The summed E-state index contributed by atoms with van der Waals surface area (Å²) in [6, 6.07) is 11.9. The minimum Gasteiger partial charge on any atom is -0.326 e. The number of aryl methyl sites for hydroxylation is 1. The second-order valence-corrected chi connectivity index (χ2v) is 10.2. The molecule has 37 heavy (non-hydrogen) atoms. The standard InChI is InChI=1S/C29H36N6O2/c1-21-5-2-7-23-11-17-32-28(27(21)23)35(25-8-3-14-31-19-25)29(37)34-18-4-6-22(20-34)9-10-26(36)33-24-12-15-30-16-13-24/h2,5,7,11-13,15-17,22,25,31H,3-4,6,8-10,14,18-20H2,1H3,(H,30,33,36)/t22?,25-/m1/s1. The molecule has 0 saturated carbocycles. The summed E-state index contributed by atoms with van der Waals surface area (Å²) in [5.74, 6) is 1.06. The number of hydrogen-bond donors (Lipinski definition) is 2. The van der Waals surface area contributed by atoms with Crippen molar-refractivity contribution in [2.45, 2.75) is 51.5 Å². The van der Waals surface area contributed by atoms with Gasteiger partial charge in [0.05, 0.1) is 6.04 Å². The zero-order valence-electron chi connectivity index (χ0n) is 21.5. The predicted molar refractivity (Wildman–Crippen MR) is 147 cm³/mol. The zero-order chi connectivity index (χ0) is 25.6. The third-order valence-electron chi connectivity index (χ3n) is 7.58. The molecule has 3 aromatic rings. The van der Waals surface area contributed by atoms with Crippen LogP contribution in [0.4, 0.5) is 16.3 Å². The normalized spacial score (nSPS) is 20.0. The molecule has 2 atom stereocenters. The molecule has 0 spiro atoms. The van der Waals surface area contributed by atoms with Crippen molar-refractivity contribution < 1.29 is 9.59 Å². The molecular weight excluding hydrogens is 464 g/mol. The van der Waals surface area contributed by atoms with Gasteiger partial charge >= 0.3 is 6.03 Å². The largest absolute Gasteiger partial charge is 0.326 e. The van der Waals surface area contributed by atoms with E-state index in [1.807, 2.05) is 22.1 Å². The molecule has 2 saturated heterocycles.